The molecule has 0 bridgehead atoms. The van der Waals surface area contributed by atoms with Gasteiger partial charge in [0.2, 0.25) is 0 Å². The second kappa shape index (κ2) is 33.5. The minimum absolute atomic E-state index is 1.00. The quantitative estimate of drug-likeness (QED) is 0.0406. The first kappa shape index (κ1) is 36.5. The van der Waals surface area contributed by atoms with Crippen molar-refractivity contribution in [3.05, 3.63) is 5.21 Å². The summed E-state index contributed by atoms with van der Waals surface area (Å²) in [6, 6.07) is 0. The number of nitrogens with one attached hydrogen (secondary N) is 1. The van der Waals surface area contributed by atoms with Gasteiger partial charge in [0, 0.05) is 12.8 Å². The van der Waals surface area contributed by atoms with Gasteiger partial charge in [0.1, 0.15) is 0 Å². The van der Waals surface area contributed by atoms with Crippen molar-refractivity contribution in [1.29, 1.82) is 0 Å². The Morgan fingerprint density at radius 3 is 0.703 bits per heavy atom. The lowest BCUT2D eigenvalue weighted by molar-refractivity contribution is -0.376. The van der Waals surface area contributed by atoms with Crippen molar-refractivity contribution in [3.8, 4) is 0 Å². The fraction of sp³-hybridized carbons (Fsp3) is 0.971. The molecule has 0 spiro atoms. The molecule has 222 valence electrons. The van der Waals surface area contributed by atoms with Crippen LogP contribution < -0.4 is 5.16 Å². The molecule has 0 aromatic rings. The van der Waals surface area contributed by atoms with E-state index in [1.807, 2.05) is 0 Å². The number of rotatable bonds is 32. The number of hydrogen-bond donors (Lipinski definition) is 1. The van der Waals surface area contributed by atoms with Gasteiger partial charge in [0.25, 0.3) is 0 Å². The lowest BCUT2D eigenvalue weighted by Gasteiger charge is -2.05. The molecular weight excluding hydrogens is 450 g/mol. The van der Waals surface area contributed by atoms with Gasteiger partial charge < -0.3 is 5.21 Å². The third-order valence-electron chi connectivity index (χ3n) is 8.31. The maximum atomic E-state index is 11.3. The Kier molecular flexibility index (Phi) is 33.0. The van der Waals surface area contributed by atoms with Gasteiger partial charge in [-0.1, -0.05) is 194 Å². The highest BCUT2D eigenvalue weighted by Crippen LogP contribution is 2.16. The van der Waals surface area contributed by atoms with E-state index in [-0.39, 0.29) is 0 Å². The van der Waals surface area contributed by atoms with Crippen molar-refractivity contribution in [2.24, 2.45) is 0 Å². The zero-order valence-corrected chi connectivity index (χ0v) is 26.0. The smallest absolute Gasteiger partial charge is 0.161 e. The molecule has 0 aromatic heterocycles. The summed E-state index contributed by atoms with van der Waals surface area (Å²) in [5.41, 5.74) is 1.06. The molecule has 0 rings (SSSR count). The molecule has 0 atom stereocenters. The third kappa shape index (κ3) is 31.6. The molecule has 37 heavy (non-hydrogen) atoms. The molecule has 0 aliphatic rings. The first-order valence-electron chi connectivity index (χ1n) is 17.6. The van der Waals surface area contributed by atoms with Gasteiger partial charge in [0.05, 0.1) is 0 Å². The minimum atomic E-state index is 1.00. The van der Waals surface area contributed by atoms with E-state index in [4.69, 9.17) is 0 Å². The van der Waals surface area contributed by atoms with Gasteiger partial charge in [-0.2, -0.15) is 0 Å². The van der Waals surface area contributed by atoms with Crippen LogP contribution in [-0.4, -0.2) is 5.71 Å². The Morgan fingerprint density at radius 2 is 0.514 bits per heavy atom. The Hall–Kier alpha value is -0.530. The predicted octanol–water partition coefficient (Wildman–Crippen LogP) is 11.5. The summed E-state index contributed by atoms with van der Waals surface area (Å²) in [5, 5.41) is 13.6. The Morgan fingerprint density at radius 1 is 0.324 bits per heavy atom. The second-order valence-electron chi connectivity index (χ2n) is 12.1. The lowest BCUT2D eigenvalue weighted by atomic mass is 10.0. The zero-order valence-electron chi connectivity index (χ0n) is 26.0. The van der Waals surface area contributed by atoms with Gasteiger partial charge in [0.15, 0.2) is 5.71 Å². The van der Waals surface area contributed by atoms with Crippen LogP contribution in [0, 0.1) is 5.21 Å². The maximum Gasteiger partial charge on any atom is 0.161 e. The van der Waals surface area contributed by atoms with Crippen LogP contribution in [-0.2, 0) is 0 Å². The first-order valence-corrected chi connectivity index (χ1v) is 17.6. The second-order valence-corrected chi connectivity index (χ2v) is 12.1. The summed E-state index contributed by atoms with van der Waals surface area (Å²) < 4.78 is 0. The highest BCUT2D eigenvalue weighted by atomic mass is 16.4. The molecule has 0 aliphatic carbocycles. The minimum Gasteiger partial charge on any atom is -0.625 e. The fourth-order valence-electron chi connectivity index (χ4n) is 5.65. The van der Waals surface area contributed by atoms with Crippen molar-refractivity contribution in [2.75, 3.05) is 0 Å². The zero-order chi connectivity index (χ0) is 26.9. The first-order chi connectivity index (χ1) is 18.3. The molecule has 2 heteroatoms. The van der Waals surface area contributed by atoms with Gasteiger partial charge in [-0.05, 0) is 12.8 Å². The molecule has 0 heterocycles. The van der Waals surface area contributed by atoms with Crippen LogP contribution in [0.5, 0.6) is 0 Å². The van der Waals surface area contributed by atoms with Gasteiger partial charge in [-0.15, -0.1) is 0 Å². The van der Waals surface area contributed by atoms with E-state index < -0.39 is 0 Å². The summed E-state index contributed by atoms with van der Waals surface area (Å²) in [6.45, 7) is 4.59. The largest absolute Gasteiger partial charge is 0.625 e. The Bertz CT molecular complexity index is 433. The topological polar surface area (TPSA) is 37.0 Å². The van der Waals surface area contributed by atoms with Crippen molar-refractivity contribution in [1.82, 2.24) is 0 Å². The molecule has 0 saturated carbocycles. The van der Waals surface area contributed by atoms with Crippen LogP contribution in [0.4, 0.5) is 0 Å². The van der Waals surface area contributed by atoms with Crippen LogP contribution in [0.15, 0.2) is 0 Å². The Labute approximate surface area is 235 Å². The molecule has 2 nitrogen and oxygen atoms in total. The van der Waals surface area contributed by atoms with E-state index in [1.165, 1.54) is 193 Å². The lowest BCUT2D eigenvalue weighted by Crippen LogP contribution is -2.65. The summed E-state index contributed by atoms with van der Waals surface area (Å²) in [5.74, 6) is 0. The predicted molar refractivity (Wildman–Crippen MR) is 168 cm³/mol. The number of unbranched alkanes of at least 4 members (excludes halogenated alkanes) is 28. The normalized spacial score (nSPS) is 12.0. The van der Waals surface area contributed by atoms with E-state index in [0.717, 1.165) is 18.6 Å². The molecule has 0 aliphatic heterocycles. The van der Waals surface area contributed by atoms with Crippen LogP contribution in [0.25, 0.3) is 0 Å². The van der Waals surface area contributed by atoms with E-state index >= 15 is 0 Å². The molecule has 0 saturated heterocycles. The number of hydrogen-bond acceptors (Lipinski definition) is 1. The van der Waals surface area contributed by atoms with Gasteiger partial charge >= 0.3 is 0 Å². The average Bonchev–Trinajstić information content (AvgIpc) is 2.91. The van der Waals surface area contributed by atoms with Gasteiger partial charge in [-0.3, -0.25) is 0 Å². The molecule has 1 N–H and O–H groups in total. The maximum absolute atomic E-state index is 11.3. The molecule has 0 unspecified atom stereocenters. The van der Waals surface area contributed by atoms with Crippen molar-refractivity contribution in [3.63, 3.8) is 0 Å². The summed E-state index contributed by atoms with van der Waals surface area (Å²) in [6.07, 6.45) is 44.0. The highest BCUT2D eigenvalue weighted by Gasteiger charge is 2.04. The van der Waals surface area contributed by atoms with Crippen molar-refractivity contribution < 1.29 is 5.16 Å². The summed E-state index contributed by atoms with van der Waals surface area (Å²) >= 11 is 0. The standard InChI is InChI=1S/C35H71NO/c1-3-5-7-9-11-13-15-17-19-20-22-24-26-28-30-32-34-35(36-37)33-31-29-27-25-23-21-18-16-14-12-10-8-6-4-2/h36H,3-34H2,1-2H3. The Balaban J connectivity index is 3.27. The monoisotopic (exact) mass is 522 g/mol. The molecule has 0 amide bonds. The molecule has 0 radical (unpaired) electrons. The van der Waals surface area contributed by atoms with Crippen LogP contribution in [0.1, 0.15) is 219 Å². The van der Waals surface area contributed by atoms with E-state index in [9.17, 15) is 5.21 Å². The highest BCUT2D eigenvalue weighted by molar-refractivity contribution is 5.78. The van der Waals surface area contributed by atoms with Crippen molar-refractivity contribution >= 4 is 5.71 Å². The van der Waals surface area contributed by atoms with E-state index in [0.29, 0.717) is 0 Å². The molecule has 0 aromatic carbocycles. The van der Waals surface area contributed by atoms with Crippen molar-refractivity contribution in [2.45, 2.75) is 219 Å². The van der Waals surface area contributed by atoms with Crippen LogP contribution >= 0.6 is 0 Å². The average molecular weight is 522 g/mol. The van der Waals surface area contributed by atoms with E-state index in [1.54, 1.807) is 0 Å². The molecule has 0 fully saturated rings. The van der Waals surface area contributed by atoms with Gasteiger partial charge in [-0.25, -0.2) is 5.16 Å². The molecular formula is C35H71NO. The SMILES string of the molecule is CCCCCCCCCCCCCCCCCCC(CCCCCCCCCCCCCCCC)=[NH+][O-]. The van der Waals surface area contributed by atoms with Crippen LogP contribution in [0.3, 0.4) is 0 Å². The fourth-order valence-corrected chi connectivity index (χ4v) is 5.65. The summed E-state index contributed by atoms with van der Waals surface area (Å²) in [7, 11) is 0. The van der Waals surface area contributed by atoms with Crippen LogP contribution in [0.2, 0.25) is 0 Å². The third-order valence-corrected chi connectivity index (χ3v) is 8.31. The summed E-state index contributed by atoms with van der Waals surface area (Å²) in [4.78, 5) is 0. The van der Waals surface area contributed by atoms with E-state index in [2.05, 4.69) is 19.0 Å².